The van der Waals surface area contributed by atoms with Crippen LogP contribution in [0.25, 0.3) is 0 Å². The number of nitrogens with zero attached hydrogens (tertiary/aromatic N) is 2. The predicted molar refractivity (Wildman–Crippen MR) is 73.5 cm³/mol. The molecule has 0 atom stereocenters. The molecule has 1 aromatic heterocycles. The van der Waals surface area contributed by atoms with Crippen molar-refractivity contribution in [2.24, 2.45) is 0 Å². The molecule has 90 valence electrons. The van der Waals surface area contributed by atoms with Crippen molar-refractivity contribution >= 4 is 34.1 Å². The first-order valence-corrected chi connectivity index (χ1v) is 6.07. The third kappa shape index (κ3) is 2.53. The molecule has 0 aliphatic rings. The maximum atomic E-state index is 12.0. The van der Waals surface area contributed by atoms with Crippen LogP contribution >= 0.6 is 22.6 Å². The van der Waals surface area contributed by atoms with Crippen LogP contribution in [0, 0.1) is 13.7 Å². The van der Waals surface area contributed by atoms with Gasteiger partial charge in [-0.2, -0.15) is 0 Å². The van der Waals surface area contributed by atoms with Gasteiger partial charge in [0, 0.05) is 17.8 Å². The first-order valence-electron chi connectivity index (χ1n) is 4.99. The van der Waals surface area contributed by atoms with E-state index in [1.165, 1.54) is 24.4 Å². The fourth-order valence-corrected chi connectivity index (χ4v) is 2.15. The summed E-state index contributed by atoms with van der Waals surface area (Å²) in [5, 5.41) is 10.7. The minimum Gasteiger partial charge on any atom is -0.287 e. The Balaban J connectivity index is 2.39. The maximum absolute atomic E-state index is 12.0. The van der Waals surface area contributed by atoms with Crippen molar-refractivity contribution in [3.05, 3.63) is 67.5 Å². The molecule has 1 aromatic carbocycles. The van der Waals surface area contributed by atoms with Crippen molar-refractivity contribution in [2.75, 3.05) is 0 Å². The number of halogens is 1. The molecular weight excluding hydrogens is 347 g/mol. The molecule has 1 heterocycles. The fourth-order valence-electron chi connectivity index (χ4n) is 1.44. The molecule has 0 N–H and O–H groups in total. The summed E-state index contributed by atoms with van der Waals surface area (Å²) in [6.07, 6.45) is 1.53. The van der Waals surface area contributed by atoms with Gasteiger partial charge in [0.2, 0.25) is 5.78 Å². The van der Waals surface area contributed by atoms with Gasteiger partial charge in [-0.05, 0) is 46.9 Å². The molecular formula is C12H7IN2O3. The van der Waals surface area contributed by atoms with Crippen LogP contribution in [-0.2, 0) is 0 Å². The first kappa shape index (κ1) is 12.6. The number of nitro benzene ring substituents is 1. The highest BCUT2D eigenvalue weighted by Crippen LogP contribution is 2.22. The van der Waals surface area contributed by atoms with E-state index in [0.717, 1.165) is 0 Å². The third-order valence-corrected chi connectivity index (χ3v) is 3.17. The van der Waals surface area contributed by atoms with Crippen LogP contribution in [0.5, 0.6) is 0 Å². The van der Waals surface area contributed by atoms with Gasteiger partial charge in [-0.25, -0.2) is 0 Å². The normalized spacial score (nSPS) is 10.1. The van der Waals surface area contributed by atoms with Crippen molar-refractivity contribution in [2.45, 2.75) is 0 Å². The standard InChI is InChI=1S/C12H7IN2O3/c13-9-7-8(4-5-11(9)15(17)18)12(16)10-3-1-2-6-14-10/h1-7H. The van der Waals surface area contributed by atoms with E-state index in [1.54, 1.807) is 18.2 Å². The van der Waals surface area contributed by atoms with E-state index in [2.05, 4.69) is 4.98 Å². The van der Waals surface area contributed by atoms with Crippen LogP contribution in [0.1, 0.15) is 16.1 Å². The second kappa shape index (κ2) is 5.21. The summed E-state index contributed by atoms with van der Waals surface area (Å²) >= 11 is 1.84. The molecule has 5 nitrogen and oxygen atoms in total. The van der Waals surface area contributed by atoms with Gasteiger partial charge < -0.3 is 0 Å². The molecule has 0 amide bonds. The monoisotopic (exact) mass is 354 g/mol. The molecule has 6 heteroatoms. The average Bonchev–Trinajstić information content (AvgIpc) is 2.38. The Kier molecular flexibility index (Phi) is 3.66. The number of hydrogen-bond acceptors (Lipinski definition) is 4. The van der Waals surface area contributed by atoms with Gasteiger partial charge in [-0.1, -0.05) is 6.07 Å². The lowest BCUT2D eigenvalue weighted by molar-refractivity contribution is -0.385. The molecule has 2 aromatic rings. The van der Waals surface area contributed by atoms with Crippen LogP contribution in [-0.4, -0.2) is 15.7 Å². The Morgan fingerprint density at radius 3 is 2.61 bits per heavy atom. The lowest BCUT2D eigenvalue weighted by Gasteiger charge is -2.01. The van der Waals surface area contributed by atoms with Gasteiger partial charge in [0.05, 0.1) is 8.49 Å². The summed E-state index contributed by atoms with van der Waals surface area (Å²) in [4.78, 5) is 26.2. The van der Waals surface area contributed by atoms with Crippen LogP contribution in [0.4, 0.5) is 5.69 Å². The number of nitro groups is 1. The minimum atomic E-state index is -0.475. The maximum Gasteiger partial charge on any atom is 0.282 e. The first-order chi connectivity index (χ1) is 8.59. The smallest absolute Gasteiger partial charge is 0.282 e. The zero-order chi connectivity index (χ0) is 13.1. The Morgan fingerprint density at radius 1 is 1.28 bits per heavy atom. The molecule has 0 saturated heterocycles. The summed E-state index contributed by atoms with van der Waals surface area (Å²) in [6.45, 7) is 0. The molecule has 0 saturated carbocycles. The van der Waals surface area contributed by atoms with E-state index < -0.39 is 4.92 Å². The highest BCUT2D eigenvalue weighted by atomic mass is 127. The van der Waals surface area contributed by atoms with Crippen LogP contribution in [0.15, 0.2) is 42.6 Å². The van der Waals surface area contributed by atoms with E-state index in [-0.39, 0.29) is 11.5 Å². The van der Waals surface area contributed by atoms with Gasteiger partial charge in [0.25, 0.3) is 5.69 Å². The molecule has 0 radical (unpaired) electrons. The Hall–Kier alpha value is -1.83. The van der Waals surface area contributed by atoms with E-state index in [9.17, 15) is 14.9 Å². The van der Waals surface area contributed by atoms with Gasteiger partial charge >= 0.3 is 0 Å². The van der Waals surface area contributed by atoms with Crippen molar-refractivity contribution in [1.82, 2.24) is 4.98 Å². The minimum absolute atomic E-state index is 0.00632. The van der Waals surface area contributed by atoms with Crippen LogP contribution in [0.3, 0.4) is 0 Å². The van der Waals surface area contributed by atoms with Crippen molar-refractivity contribution in [1.29, 1.82) is 0 Å². The van der Waals surface area contributed by atoms with E-state index in [4.69, 9.17) is 0 Å². The molecule has 0 fully saturated rings. The number of aromatic nitrogens is 1. The Bertz CT molecular complexity index is 614. The summed E-state index contributed by atoms with van der Waals surface area (Å²) in [7, 11) is 0. The summed E-state index contributed by atoms with van der Waals surface area (Å²) in [5.74, 6) is -0.247. The molecule has 0 bridgehead atoms. The highest BCUT2D eigenvalue weighted by molar-refractivity contribution is 14.1. The number of pyridine rings is 1. The van der Waals surface area contributed by atoms with E-state index >= 15 is 0 Å². The van der Waals surface area contributed by atoms with Gasteiger partial charge in [-0.3, -0.25) is 19.9 Å². The molecule has 0 unspecified atom stereocenters. The van der Waals surface area contributed by atoms with Crippen molar-refractivity contribution in [3.63, 3.8) is 0 Å². The van der Waals surface area contributed by atoms with E-state index in [0.29, 0.717) is 14.8 Å². The number of rotatable bonds is 3. The summed E-state index contributed by atoms with van der Waals surface area (Å²) in [5.41, 5.74) is 0.707. The number of carbonyl (C=O) groups is 1. The average molecular weight is 354 g/mol. The zero-order valence-electron chi connectivity index (χ0n) is 9.04. The lowest BCUT2D eigenvalue weighted by atomic mass is 10.1. The van der Waals surface area contributed by atoms with E-state index in [1.807, 2.05) is 22.6 Å². The Labute approximate surface area is 116 Å². The number of hydrogen-bond donors (Lipinski definition) is 0. The fraction of sp³-hybridized carbons (Fsp3) is 0. The van der Waals surface area contributed by atoms with Gasteiger partial charge in [0.1, 0.15) is 5.69 Å². The highest BCUT2D eigenvalue weighted by Gasteiger charge is 2.16. The largest absolute Gasteiger partial charge is 0.287 e. The van der Waals surface area contributed by atoms with Crippen molar-refractivity contribution < 1.29 is 9.72 Å². The molecule has 18 heavy (non-hydrogen) atoms. The molecule has 2 rings (SSSR count). The quantitative estimate of drug-likeness (QED) is 0.368. The predicted octanol–water partition coefficient (Wildman–Crippen LogP) is 2.83. The second-order valence-corrected chi connectivity index (χ2v) is 4.63. The number of ketones is 1. The number of benzene rings is 1. The van der Waals surface area contributed by atoms with Crippen molar-refractivity contribution in [3.8, 4) is 0 Å². The molecule has 0 spiro atoms. The van der Waals surface area contributed by atoms with Gasteiger partial charge in [-0.15, -0.1) is 0 Å². The van der Waals surface area contributed by atoms with Crippen LogP contribution in [0.2, 0.25) is 0 Å². The third-order valence-electron chi connectivity index (χ3n) is 2.30. The van der Waals surface area contributed by atoms with Crippen LogP contribution < -0.4 is 0 Å². The second-order valence-electron chi connectivity index (χ2n) is 3.47. The molecule has 0 aliphatic heterocycles. The SMILES string of the molecule is O=C(c1ccc([N+](=O)[O-])c(I)c1)c1ccccn1. The lowest BCUT2D eigenvalue weighted by Crippen LogP contribution is -2.04. The topological polar surface area (TPSA) is 73.1 Å². The number of carbonyl (C=O) groups excluding carboxylic acids is 1. The molecule has 0 aliphatic carbocycles. The Morgan fingerprint density at radius 2 is 2.06 bits per heavy atom. The summed E-state index contributed by atoms with van der Waals surface area (Å²) in [6, 6.07) is 9.31. The van der Waals surface area contributed by atoms with Gasteiger partial charge in [0.15, 0.2) is 0 Å². The summed E-state index contributed by atoms with van der Waals surface area (Å²) < 4.78 is 0.430. The zero-order valence-corrected chi connectivity index (χ0v) is 11.2.